The molecule has 3 aliphatic rings. The zero-order valence-electron chi connectivity index (χ0n) is 15.5. The summed E-state index contributed by atoms with van der Waals surface area (Å²) in [5.74, 6) is 2.70. The molecule has 3 fully saturated rings. The zero-order chi connectivity index (χ0) is 19.3. The van der Waals surface area contributed by atoms with E-state index >= 15 is 0 Å². The molecule has 2 aromatic rings. The molecule has 1 saturated heterocycles. The first-order valence-electron chi connectivity index (χ1n) is 9.82. The van der Waals surface area contributed by atoms with Crippen LogP contribution in [0.2, 0.25) is 0 Å². The molecule has 4 nitrogen and oxygen atoms in total. The highest BCUT2D eigenvalue weighted by Gasteiger charge is 2.48. The minimum Gasteiger partial charge on any atom is -0.456 e. The van der Waals surface area contributed by atoms with Crippen molar-refractivity contribution in [2.45, 2.75) is 43.0 Å². The summed E-state index contributed by atoms with van der Waals surface area (Å²) in [5.41, 5.74) is 1.64. The number of carbonyl (C=O) groups excluding carboxylic acids is 1. The Labute approximate surface area is 174 Å². The quantitative estimate of drug-likeness (QED) is 0.561. The fraction of sp³-hybridized carbons (Fsp3) is 0.409. The van der Waals surface area contributed by atoms with Gasteiger partial charge in [-0.3, -0.25) is 4.79 Å². The van der Waals surface area contributed by atoms with Gasteiger partial charge in [-0.25, -0.2) is 0 Å². The SMILES string of the molecule is O=C1/C(=C/c2oc(-c3ccccc3)cc2CO)SC(S)N1C1CC2CCC1C2. The van der Waals surface area contributed by atoms with Gasteiger partial charge in [0.25, 0.3) is 5.91 Å². The highest BCUT2D eigenvalue weighted by Crippen LogP contribution is 2.51. The van der Waals surface area contributed by atoms with Gasteiger partial charge in [-0.1, -0.05) is 48.5 Å². The van der Waals surface area contributed by atoms with Crippen LogP contribution in [0.1, 0.15) is 37.0 Å². The fourth-order valence-electron chi connectivity index (χ4n) is 4.96. The molecule has 5 rings (SSSR count). The monoisotopic (exact) mass is 413 g/mol. The van der Waals surface area contributed by atoms with Crippen LogP contribution >= 0.6 is 24.4 Å². The van der Waals surface area contributed by atoms with Crippen molar-refractivity contribution in [2.75, 3.05) is 0 Å². The number of aliphatic hydroxyl groups is 1. The second-order valence-electron chi connectivity index (χ2n) is 7.93. The van der Waals surface area contributed by atoms with Gasteiger partial charge in [0, 0.05) is 23.2 Å². The number of furan rings is 1. The minimum atomic E-state index is -0.149. The van der Waals surface area contributed by atoms with E-state index in [-0.39, 0.29) is 17.2 Å². The van der Waals surface area contributed by atoms with E-state index in [1.807, 2.05) is 41.3 Å². The number of carbonyl (C=O) groups is 1. The molecule has 146 valence electrons. The molecule has 0 radical (unpaired) electrons. The number of amides is 1. The van der Waals surface area contributed by atoms with Crippen molar-refractivity contribution in [1.82, 2.24) is 4.90 Å². The molecule has 1 aliphatic heterocycles. The first kappa shape index (κ1) is 18.4. The summed E-state index contributed by atoms with van der Waals surface area (Å²) < 4.78 is 5.85. The van der Waals surface area contributed by atoms with E-state index in [0.717, 1.165) is 17.9 Å². The Bertz CT molecular complexity index is 923. The molecule has 4 atom stereocenters. The average Bonchev–Trinajstić information content (AvgIpc) is 3.47. The molecule has 2 heterocycles. The number of fused-ring (bicyclic) bond motifs is 2. The molecule has 1 N–H and O–H groups in total. The van der Waals surface area contributed by atoms with Crippen LogP contribution in [0.15, 0.2) is 45.7 Å². The van der Waals surface area contributed by atoms with Crippen molar-refractivity contribution < 1.29 is 14.3 Å². The van der Waals surface area contributed by atoms with Crippen LogP contribution in [0.25, 0.3) is 17.4 Å². The Morgan fingerprint density at radius 2 is 2.07 bits per heavy atom. The van der Waals surface area contributed by atoms with Gasteiger partial charge in [-0.15, -0.1) is 12.6 Å². The fourth-order valence-corrected chi connectivity index (χ4v) is 6.55. The van der Waals surface area contributed by atoms with Crippen LogP contribution in [0, 0.1) is 11.8 Å². The van der Waals surface area contributed by atoms with E-state index in [9.17, 15) is 9.90 Å². The van der Waals surface area contributed by atoms with Crippen LogP contribution in [0.3, 0.4) is 0 Å². The molecule has 2 bridgehead atoms. The third-order valence-electron chi connectivity index (χ3n) is 6.31. The number of hydrogen-bond donors (Lipinski definition) is 2. The van der Waals surface area contributed by atoms with Crippen molar-refractivity contribution >= 4 is 36.4 Å². The number of hydrogen-bond acceptors (Lipinski definition) is 5. The molecule has 1 amide bonds. The largest absolute Gasteiger partial charge is 0.456 e. The van der Waals surface area contributed by atoms with E-state index < -0.39 is 0 Å². The second-order valence-corrected chi connectivity index (χ2v) is 9.89. The van der Waals surface area contributed by atoms with E-state index in [4.69, 9.17) is 17.0 Å². The van der Waals surface area contributed by atoms with Crippen molar-refractivity contribution in [3.05, 3.63) is 52.6 Å². The molecule has 28 heavy (non-hydrogen) atoms. The van der Waals surface area contributed by atoms with E-state index in [2.05, 4.69) is 0 Å². The van der Waals surface area contributed by atoms with Gasteiger partial charge in [-0.2, -0.15) is 0 Å². The van der Waals surface area contributed by atoms with E-state index in [0.29, 0.717) is 33.9 Å². The first-order valence-corrected chi connectivity index (χ1v) is 11.2. The Balaban J connectivity index is 1.43. The smallest absolute Gasteiger partial charge is 0.262 e. The number of aliphatic hydroxyl groups excluding tert-OH is 1. The standard InChI is InChI=1S/C22H23NO3S2/c24-12-16-10-18(14-4-2-1-3-5-14)26-19(16)11-20-21(25)23(22(27)28-20)17-9-13-6-7-15(17)8-13/h1-5,10-11,13,15,17,22,24,27H,6-9,12H2/b20-11-. The summed E-state index contributed by atoms with van der Waals surface area (Å²) in [4.78, 5) is 15.8. The number of nitrogens with zero attached hydrogens (tertiary/aromatic N) is 1. The van der Waals surface area contributed by atoms with Crippen LogP contribution in [-0.2, 0) is 11.4 Å². The van der Waals surface area contributed by atoms with Crippen LogP contribution in [-0.4, -0.2) is 26.7 Å². The Hall–Kier alpha value is -1.63. The van der Waals surface area contributed by atoms with Gasteiger partial charge in [-0.05, 0) is 37.2 Å². The molecule has 1 aromatic heterocycles. The number of thioether (sulfide) groups is 1. The molecular formula is C22H23NO3S2. The maximum absolute atomic E-state index is 13.1. The second kappa shape index (κ2) is 7.32. The molecule has 2 aliphatic carbocycles. The molecule has 0 spiro atoms. The lowest BCUT2D eigenvalue weighted by Gasteiger charge is -2.33. The van der Waals surface area contributed by atoms with Gasteiger partial charge in [0.05, 0.1) is 11.5 Å². The number of thiol groups is 1. The Morgan fingerprint density at radius 3 is 2.75 bits per heavy atom. The molecular weight excluding hydrogens is 390 g/mol. The first-order chi connectivity index (χ1) is 13.6. The topological polar surface area (TPSA) is 53.7 Å². The summed E-state index contributed by atoms with van der Waals surface area (Å²) in [6, 6.07) is 11.9. The maximum atomic E-state index is 13.1. The van der Waals surface area contributed by atoms with Crippen LogP contribution < -0.4 is 0 Å². The van der Waals surface area contributed by atoms with Crippen molar-refractivity contribution in [1.29, 1.82) is 0 Å². The highest BCUT2D eigenvalue weighted by molar-refractivity contribution is 8.14. The van der Waals surface area contributed by atoms with Crippen molar-refractivity contribution in [3.63, 3.8) is 0 Å². The number of benzene rings is 1. The van der Waals surface area contributed by atoms with Crippen molar-refractivity contribution in [2.24, 2.45) is 11.8 Å². The summed E-state index contributed by atoms with van der Waals surface area (Å²) >= 11 is 6.18. The van der Waals surface area contributed by atoms with Crippen molar-refractivity contribution in [3.8, 4) is 11.3 Å². The lowest BCUT2D eigenvalue weighted by atomic mass is 9.94. The normalized spacial score (nSPS) is 30.7. The van der Waals surface area contributed by atoms with E-state index in [1.54, 1.807) is 6.08 Å². The van der Waals surface area contributed by atoms with Gasteiger partial charge in [0.1, 0.15) is 16.2 Å². The Kier molecular flexibility index (Phi) is 4.81. The van der Waals surface area contributed by atoms with Gasteiger partial charge in [0.2, 0.25) is 0 Å². The summed E-state index contributed by atoms with van der Waals surface area (Å²) in [6.45, 7) is -0.130. The van der Waals surface area contributed by atoms with Crippen LogP contribution in [0.4, 0.5) is 0 Å². The summed E-state index contributed by atoms with van der Waals surface area (Å²) in [7, 11) is 0. The van der Waals surface area contributed by atoms with Gasteiger partial charge < -0.3 is 14.4 Å². The van der Waals surface area contributed by atoms with Gasteiger partial charge in [0.15, 0.2) is 0 Å². The van der Waals surface area contributed by atoms with Gasteiger partial charge >= 0.3 is 0 Å². The number of rotatable bonds is 4. The molecule has 4 unspecified atom stereocenters. The van der Waals surface area contributed by atoms with Crippen LogP contribution in [0.5, 0.6) is 0 Å². The Morgan fingerprint density at radius 1 is 1.25 bits per heavy atom. The minimum absolute atomic E-state index is 0.0455. The zero-order valence-corrected chi connectivity index (χ0v) is 17.2. The molecule has 2 saturated carbocycles. The third kappa shape index (κ3) is 3.11. The lowest BCUT2D eigenvalue weighted by molar-refractivity contribution is -0.128. The lowest BCUT2D eigenvalue weighted by Crippen LogP contribution is -2.42. The summed E-state index contributed by atoms with van der Waals surface area (Å²) in [5, 5.41) is 9.76. The summed E-state index contributed by atoms with van der Waals surface area (Å²) in [6.07, 6.45) is 6.69. The predicted octanol–water partition coefficient (Wildman–Crippen LogP) is 4.76. The predicted molar refractivity (Wildman–Crippen MR) is 114 cm³/mol. The molecule has 1 aromatic carbocycles. The maximum Gasteiger partial charge on any atom is 0.262 e. The third-order valence-corrected chi connectivity index (χ3v) is 7.86. The van der Waals surface area contributed by atoms with E-state index in [1.165, 1.54) is 31.0 Å². The molecule has 6 heteroatoms. The average molecular weight is 414 g/mol. The highest BCUT2D eigenvalue weighted by atomic mass is 32.2.